The van der Waals surface area contributed by atoms with Crippen LogP contribution < -0.4 is 10.5 Å². The first kappa shape index (κ1) is 12.9. The third kappa shape index (κ3) is 3.75. The molecule has 2 N–H and O–H groups in total. The molecule has 18 heavy (non-hydrogen) atoms. The number of nitrogens with two attached hydrogens (primary N) is 1. The summed E-state index contributed by atoms with van der Waals surface area (Å²) in [6, 6.07) is 7.83. The number of ether oxygens (including phenoxy) is 1. The molecule has 0 saturated carbocycles. The number of aromatic nitrogens is 2. The first-order valence-electron chi connectivity index (χ1n) is 5.87. The van der Waals surface area contributed by atoms with E-state index < -0.39 is 0 Å². The Hall–Kier alpha value is -1.52. The summed E-state index contributed by atoms with van der Waals surface area (Å²) in [6.07, 6.45) is 4.31. The van der Waals surface area contributed by atoms with Gasteiger partial charge in [0.25, 0.3) is 0 Å². The molecule has 0 saturated heterocycles. The molecule has 2 rings (SSSR count). The molecular formula is C13H16ClN3O. The number of rotatable bonds is 6. The van der Waals surface area contributed by atoms with Gasteiger partial charge in [-0.05, 0) is 17.7 Å². The molecule has 1 aromatic heterocycles. The molecule has 0 aliphatic carbocycles. The average molecular weight is 266 g/mol. The second-order valence-corrected chi connectivity index (χ2v) is 4.41. The van der Waals surface area contributed by atoms with E-state index in [1.165, 1.54) is 0 Å². The molecule has 0 radical (unpaired) electrons. The van der Waals surface area contributed by atoms with Gasteiger partial charge in [-0.2, -0.15) is 5.10 Å². The zero-order valence-corrected chi connectivity index (χ0v) is 10.8. The van der Waals surface area contributed by atoms with Gasteiger partial charge < -0.3 is 10.5 Å². The molecule has 0 bridgehead atoms. The van der Waals surface area contributed by atoms with E-state index in [2.05, 4.69) is 5.10 Å². The van der Waals surface area contributed by atoms with Gasteiger partial charge in [-0.1, -0.05) is 23.7 Å². The van der Waals surface area contributed by atoms with Crippen molar-refractivity contribution in [3.05, 3.63) is 47.2 Å². The summed E-state index contributed by atoms with van der Waals surface area (Å²) in [5.74, 6) is 0.858. The Morgan fingerprint density at radius 2 is 2.28 bits per heavy atom. The largest absolute Gasteiger partial charge is 0.494 e. The maximum absolute atomic E-state index is 5.78. The zero-order valence-electron chi connectivity index (χ0n) is 10.1. The Kier molecular flexibility index (Phi) is 4.61. The van der Waals surface area contributed by atoms with Crippen molar-refractivity contribution in [3.8, 4) is 5.75 Å². The molecule has 0 aliphatic rings. The first-order valence-corrected chi connectivity index (χ1v) is 6.25. The maximum Gasteiger partial charge on any atom is 0.119 e. The zero-order chi connectivity index (χ0) is 12.8. The minimum atomic E-state index is 0.531. The van der Waals surface area contributed by atoms with Crippen LogP contribution in [0.25, 0.3) is 0 Å². The fourth-order valence-electron chi connectivity index (χ4n) is 1.64. The van der Waals surface area contributed by atoms with Crippen molar-refractivity contribution in [1.82, 2.24) is 9.78 Å². The molecule has 0 atom stereocenters. The summed E-state index contributed by atoms with van der Waals surface area (Å²) < 4.78 is 7.45. The van der Waals surface area contributed by atoms with Crippen LogP contribution in [0.2, 0.25) is 5.02 Å². The quantitative estimate of drug-likeness (QED) is 0.817. The second kappa shape index (κ2) is 6.42. The average Bonchev–Trinajstić information content (AvgIpc) is 2.81. The van der Waals surface area contributed by atoms with Crippen LogP contribution in [0.5, 0.6) is 5.75 Å². The van der Waals surface area contributed by atoms with E-state index in [1.54, 1.807) is 12.4 Å². The molecule has 4 nitrogen and oxygen atoms in total. The summed E-state index contributed by atoms with van der Waals surface area (Å²) >= 11 is 5.78. The molecule has 96 valence electrons. The smallest absolute Gasteiger partial charge is 0.119 e. The monoisotopic (exact) mass is 265 g/mol. The highest BCUT2D eigenvalue weighted by atomic mass is 35.5. The lowest BCUT2D eigenvalue weighted by Crippen LogP contribution is -2.05. The molecule has 0 aliphatic heterocycles. The summed E-state index contributed by atoms with van der Waals surface area (Å²) in [5.41, 5.74) is 6.65. The van der Waals surface area contributed by atoms with Crippen molar-refractivity contribution in [2.75, 3.05) is 6.61 Å². The Balaban J connectivity index is 1.74. The summed E-state index contributed by atoms with van der Waals surface area (Å²) in [5, 5.41) is 4.76. The summed E-state index contributed by atoms with van der Waals surface area (Å²) in [4.78, 5) is 0. The molecule has 0 amide bonds. The van der Waals surface area contributed by atoms with Crippen LogP contribution in [0.3, 0.4) is 0 Å². The van der Waals surface area contributed by atoms with Crippen LogP contribution >= 0.6 is 11.6 Å². The minimum Gasteiger partial charge on any atom is -0.494 e. The third-order valence-electron chi connectivity index (χ3n) is 2.54. The van der Waals surface area contributed by atoms with Crippen LogP contribution in [0.1, 0.15) is 12.0 Å². The highest BCUT2D eigenvalue weighted by Crippen LogP contribution is 2.13. The van der Waals surface area contributed by atoms with Gasteiger partial charge >= 0.3 is 0 Å². The van der Waals surface area contributed by atoms with Crippen LogP contribution in [0.4, 0.5) is 0 Å². The molecule has 2 aromatic rings. The third-order valence-corrected chi connectivity index (χ3v) is 2.73. The predicted octanol–water partition coefficient (Wildman–Crippen LogP) is 2.46. The molecule has 0 fully saturated rings. The molecule has 1 aromatic carbocycles. The highest BCUT2D eigenvalue weighted by Gasteiger charge is 1.98. The Labute approximate surface area is 111 Å². The molecular weight excluding hydrogens is 250 g/mol. The summed E-state index contributed by atoms with van der Waals surface area (Å²) in [6.45, 7) is 1.97. The van der Waals surface area contributed by atoms with E-state index in [0.29, 0.717) is 18.2 Å². The Morgan fingerprint density at radius 3 is 3.00 bits per heavy atom. The SMILES string of the molecule is NCc1cccc(OCCCn2cc(Cl)cn2)c1. The standard InChI is InChI=1S/C13H16ClN3O/c14-12-9-16-17(10-12)5-2-6-18-13-4-1-3-11(7-13)8-15/h1,3-4,7,9-10H,2,5-6,8,15H2. The molecule has 5 heteroatoms. The Bertz CT molecular complexity index is 498. The van der Waals surface area contributed by atoms with E-state index >= 15 is 0 Å². The Morgan fingerprint density at radius 1 is 1.39 bits per heavy atom. The molecule has 0 spiro atoms. The van der Waals surface area contributed by atoms with Gasteiger partial charge in [-0.25, -0.2) is 0 Å². The normalized spacial score (nSPS) is 10.6. The van der Waals surface area contributed by atoms with Gasteiger partial charge in [0.2, 0.25) is 0 Å². The first-order chi connectivity index (χ1) is 8.78. The number of halogens is 1. The van der Waals surface area contributed by atoms with Crippen LogP contribution in [-0.4, -0.2) is 16.4 Å². The predicted molar refractivity (Wildman–Crippen MR) is 71.7 cm³/mol. The molecule has 0 unspecified atom stereocenters. The van der Waals surface area contributed by atoms with Gasteiger partial charge in [0.05, 0.1) is 17.8 Å². The van der Waals surface area contributed by atoms with Gasteiger partial charge in [0, 0.05) is 25.7 Å². The van der Waals surface area contributed by atoms with Crippen LogP contribution in [-0.2, 0) is 13.1 Å². The second-order valence-electron chi connectivity index (χ2n) is 3.98. The summed E-state index contributed by atoms with van der Waals surface area (Å²) in [7, 11) is 0. The topological polar surface area (TPSA) is 53.1 Å². The van der Waals surface area contributed by atoms with Crippen molar-refractivity contribution in [3.63, 3.8) is 0 Å². The fourth-order valence-corrected chi connectivity index (χ4v) is 1.80. The number of aryl methyl sites for hydroxylation is 1. The van der Waals surface area contributed by atoms with Gasteiger partial charge in [0.1, 0.15) is 5.75 Å². The number of nitrogens with zero attached hydrogens (tertiary/aromatic N) is 2. The lowest BCUT2D eigenvalue weighted by molar-refractivity contribution is 0.298. The van der Waals surface area contributed by atoms with E-state index in [-0.39, 0.29) is 0 Å². The van der Waals surface area contributed by atoms with E-state index in [9.17, 15) is 0 Å². The van der Waals surface area contributed by atoms with Gasteiger partial charge in [-0.15, -0.1) is 0 Å². The lowest BCUT2D eigenvalue weighted by Gasteiger charge is -2.07. The lowest BCUT2D eigenvalue weighted by atomic mass is 10.2. The van der Waals surface area contributed by atoms with Crippen LogP contribution in [0.15, 0.2) is 36.7 Å². The van der Waals surface area contributed by atoms with Crippen molar-refractivity contribution in [2.45, 2.75) is 19.5 Å². The number of hydrogen-bond acceptors (Lipinski definition) is 3. The number of hydrogen-bond donors (Lipinski definition) is 1. The number of benzene rings is 1. The van der Waals surface area contributed by atoms with Crippen molar-refractivity contribution >= 4 is 11.6 Å². The van der Waals surface area contributed by atoms with E-state index in [0.717, 1.165) is 24.3 Å². The van der Waals surface area contributed by atoms with Gasteiger partial charge in [0.15, 0.2) is 0 Å². The minimum absolute atomic E-state index is 0.531. The van der Waals surface area contributed by atoms with Crippen molar-refractivity contribution in [2.24, 2.45) is 5.73 Å². The van der Waals surface area contributed by atoms with E-state index in [1.807, 2.05) is 28.9 Å². The fraction of sp³-hybridized carbons (Fsp3) is 0.308. The van der Waals surface area contributed by atoms with Gasteiger partial charge in [-0.3, -0.25) is 4.68 Å². The van der Waals surface area contributed by atoms with E-state index in [4.69, 9.17) is 22.1 Å². The van der Waals surface area contributed by atoms with Crippen molar-refractivity contribution in [1.29, 1.82) is 0 Å². The van der Waals surface area contributed by atoms with Crippen molar-refractivity contribution < 1.29 is 4.74 Å². The highest BCUT2D eigenvalue weighted by molar-refractivity contribution is 6.30. The van der Waals surface area contributed by atoms with Crippen LogP contribution in [0, 0.1) is 0 Å². The molecule has 1 heterocycles. The maximum atomic E-state index is 5.78.